The molecule has 5 aliphatic rings. The molecule has 72 heavy (non-hydrogen) atoms. The van der Waals surface area contributed by atoms with Gasteiger partial charge in [-0.15, -0.1) is 0 Å². The molecule has 2 aliphatic carbocycles. The lowest BCUT2D eigenvalue weighted by atomic mass is 9.33. The summed E-state index contributed by atoms with van der Waals surface area (Å²) in [5, 5.41) is 1.55. The number of rotatable bonds is 4. The van der Waals surface area contributed by atoms with E-state index in [1.54, 1.807) is 5.19 Å². The molecule has 3 nitrogen and oxygen atoms in total. The summed E-state index contributed by atoms with van der Waals surface area (Å²) in [4.78, 5) is 8.26. The standard InChI is InChI=1S/C67H84BN3Si/c1-60(2,3)43-24-23-27-46(34-43)70-55-35-44(61(4,5)6)28-30-52(55)68-53-39-49-50(63(9,10)33-32-62(49,7)8)40-56(53)69(45-25-21-20-22-26-45)57-36-47(37-58(70)59(57)68)71-54-31-29-48(72(17,18)19)38-51(54)66(15)41-64(11,12)65(13,14)42-67(66,71)16/h20-31,34-40H,32-33,41-42H2,1-19H3. The minimum absolute atomic E-state index is 0.0247. The number of hydrogen-bond donors (Lipinski definition) is 0. The zero-order chi connectivity index (χ0) is 51.9. The van der Waals surface area contributed by atoms with Crippen molar-refractivity contribution >= 4 is 81.9 Å². The lowest BCUT2D eigenvalue weighted by Crippen LogP contribution is -2.63. The maximum atomic E-state index is 2.88. The zero-order valence-electron chi connectivity index (χ0n) is 47.7. The summed E-state index contributed by atoms with van der Waals surface area (Å²) in [6.07, 6.45) is 4.55. The van der Waals surface area contributed by atoms with Crippen LogP contribution >= 0.6 is 0 Å². The summed E-state index contributed by atoms with van der Waals surface area (Å²) >= 11 is 0. The van der Waals surface area contributed by atoms with Crippen LogP contribution in [0.15, 0.2) is 115 Å². The molecule has 6 aromatic rings. The van der Waals surface area contributed by atoms with Crippen LogP contribution in [0.2, 0.25) is 19.6 Å². The Bertz CT molecular complexity index is 3210. The molecule has 2 unspecified atom stereocenters. The van der Waals surface area contributed by atoms with Crippen molar-refractivity contribution in [1.29, 1.82) is 0 Å². The lowest BCUT2D eigenvalue weighted by molar-refractivity contribution is -0.0311. The van der Waals surface area contributed by atoms with Gasteiger partial charge in [-0.1, -0.05) is 189 Å². The Kier molecular flexibility index (Phi) is 10.5. The average Bonchev–Trinajstić information content (AvgIpc) is 3.47. The molecule has 3 aliphatic heterocycles. The molecule has 1 fully saturated rings. The molecule has 5 heteroatoms. The van der Waals surface area contributed by atoms with Gasteiger partial charge in [-0.2, -0.15) is 0 Å². The molecule has 0 radical (unpaired) electrons. The van der Waals surface area contributed by atoms with Crippen molar-refractivity contribution in [3.05, 3.63) is 143 Å². The van der Waals surface area contributed by atoms with Crippen LogP contribution < -0.4 is 36.3 Å². The van der Waals surface area contributed by atoms with Crippen LogP contribution in [0.1, 0.15) is 164 Å². The van der Waals surface area contributed by atoms with E-state index in [0.29, 0.717) is 0 Å². The Labute approximate surface area is 436 Å². The highest BCUT2D eigenvalue weighted by Gasteiger charge is 2.65. The number of anilines is 8. The Balaban J connectivity index is 1.30. The third-order valence-electron chi connectivity index (χ3n) is 19.9. The van der Waals surface area contributed by atoms with E-state index in [1.165, 1.54) is 103 Å². The molecular formula is C67H84BN3Si. The monoisotopic (exact) mass is 970 g/mol. The largest absolute Gasteiger partial charge is 0.334 e. The van der Waals surface area contributed by atoms with E-state index in [4.69, 9.17) is 0 Å². The number of para-hydroxylation sites is 1. The van der Waals surface area contributed by atoms with Gasteiger partial charge in [0.15, 0.2) is 0 Å². The highest BCUT2D eigenvalue weighted by Crippen LogP contribution is 2.69. The molecule has 3 heterocycles. The first-order valence-electron chi connectivity index (χ1n) is 27.5. The van der Waals surface area contributed by atoms with Crippen LogP contribution in [-0.2, 0) is 27.1 Å². The van der Waals surface area contributed by atoms with Crippen molar-refractivity contribution in [2.75, 3.05) is 14.7 Å². The van der Waals surface area contributed by atoms with Gasteiger partial charge in [-0.05, 0) is 164 Å². The predicted octanol–water partition coefficient (Wildman–Crippen LogP) is 16.3. The minimum Gasteiger partial charge on any atom is -0.334 e. The van der Waals surface area contributed by atoms with Crippen molar-refractivity contribution in [2.45, 2.75) is 189 Å². The molecule has 2 atom stereocenters. The number of nitrogens with zero attached hydrogens (tertiary/aromatic N) is 3. The van der Waals surface area contributed by atoms with Crippen LogP contribution in [0.5, 0.6) is 0 Å². The SMILES string of the molecule is CC(C)(C)c1cccc(N2c3cc(C(C)(C)C)ccc3B3c4cc5c(cc4N(c4ccccc4)c4cc(N6c7ccc([Si](C)(C)C)cc7C7(C)CC(C)(C)C(C)(C)CC67C)cc2c43)C(C)(C)CCC5(C)C)c1. The molecule has 0 aromatic heterocycles. The second-order valence-corrected chi connectivity index (χ2v) is 34.5. The van der Waals surface area contributed by atoms with Gasteiger partial charge in [0.1, 0.15) is 0 Å². The van der Waals surface area contributed by atoms with E-state index < -0.39 is 8.07 Å². The van der Waals surface area contributed by atoms with Gasteiger partial charge in [0.25, 0.3) is 6.71 Å². The van der Waals surface area contributed by atoms with Crippen molar-refractivity contribution < 1.29 is 0 Å². The van der Waals surface area contributed by atoms with Gasteiger partial charge in [0, 0.05) is 50.9 Å². The summed E-state index contributed by atoms with van der Waals surface area (Å²) < 4.78 is 0. The highest BCUT2D eigenvalue weighted by molar-refractivity contribution is 7.00. The molecule has 11 rings (SSSR count). The Morgan fingerprint density at radius 2 is 1.01 bits per heavy atom. The van der Waals surface area contributed by atoms with Crippen LogP contribution in [0, 0.1) is 10.8 Å². The topological polar surface area (TPSA) is 9.72 Å². The van der Waals surface area contributed by atoms with Crippen molar-refractivity contribution in [2.24, 2.45) is 10.8 Å². The van der Waals surface area contributed by atoms with E-state index in [9.17, 15) is 0 Å². The second-order valence-electron chi connectivity index (χ2n) is 29.4. The van der Waals surface area contributed by atoms with E-state index in [-0.39, 0.29) is 50.2 Å². The summed E-state index contributed by atoms with van der Waals surface area (Å²) in [5.41, 5.74) is 21.7. The summed E-state index contributed by atoms with van der Waals surface area (Å²) in [6, 6.07) is 46.8. The fraction of sp³-hybridized carbons (Fsp3) is 0.463. The normalized spacial score (nSPS) is 23.2. The Hall–Kier alpha value is -5.00. The summed E-state index contributed by atoms with van der Waals surface area (Å²) in [6.45, 7) is 47.2. The fourth-order valence-electron chi connectivity index (χ4n) is 14.5. The molecule has 0 amide bonds. The molecule has 0 bridgehead atoms. The van der Waals surface area contributed by atoms with Crippen molar-refractivity contribution in [3.8, 4) is 0 Å². The first-order valence-corrected chi connectivity index (χ1v) is 31.0. The maximum Gasteiger partial charge on any atom is 0.252 e. The summed E-state index contributed by atoms with van der Waals surface area (Å²) in [5.74, 6) is 0. The van der Waals surface area contributed by atoms with Gasteiger partial charge in [0.05, 0.1) is 13.6 Å². The zero-order valence-corrected chi connectivity index (χ0v) is 48.7. The molecule has 0 saturated heterocycles. The maximum absolute atomic E-state index is 2.88. The average molecular weight is 970 g/mol. The van der Waals surface area contributed by atoms with Gasteiger partial charge in [-0.25, -0.2) is 0 Å². The molecule has 1 saturated carbocycles. The van der Waals surface area contributed by atoms with Crippen LogP contribution in [0.4, 0.5) is 45.5 Å². The fourth-order valence-corrected chi connectivity index (χ4v) is 15.7. The van der Waals surface area contributed by atoms with Crippen molar-refractivity contribution in [3.63, 3.8) is 0 Å². The first kappa shape index (κ1) is 49.2. The summed E-state index contributed by atoms with van der Waals surface area (Å²) in [7, 11) is -1.65. The number of hydrogen-bond acceptors (Lipinski definition) is 3. The van der Waals surface area contributed by atoms with Crippen LogP contribution in [-0.4, -0.2) is 20.3 Å². The molecule has 0 N–H and O–H groups in total. The van der Waals surface area contributed by atoms with Crippen LogP contribution in [0.3, 0.4) is 0 Å². The Morgan fingerprint density at radius 3 is 1.62 bits per heavy atom. The predicted molar refractivity (Wildman–Crippen MR) is 317 cm³/mol. The second kappa shape index (κ2) is 15.3. The quantitative estimate of drug-likeness (QED) is 0.163. The first-order chi connectivity index (χ1) is 33.3. The van der Waals surface area contributed by atoms with E-state index in [1.807, 2.05) is 0 Å². The van der Waals surface area contributed by atoms with Crippen molar-refractivity contribution in [1.82, 2.24) is 0 Å². The van der Waals surface area contributed by atoms with Gasteiger partial charge >= 0.3 is 0 Å². The van der Waals surface area contributed by atoms with Gasteiger partial charge < -0.3 is 14.7 Å². The van der Waals surface area contributed by atoms with Gasteiger partial charge in [0.2, 0.25) is 0 Å². The van der Waals surface area contributed by atoms with Crippen LogP contribution in [0.25, 0.3) is 0 Å². The Morgan fingerprint density at radius 1 is 0.458 bits per heavy atom. The third kappa shape index (κ3) is 7.07. The molecular weight excluding hydrogens is 886 g/mol. The molecule has 6 aromatic carbocycles. The molecule has 374 valence electrons. The van der Waals surface area contributed by atoms with E-state index in [2.05, 4.69) is 260 Å². The van der Waals surface area contributed by atoms with Gasteiger partial charge in [-0.3, -0.25) is 0 Å². The third-order valence-corrected chi connectivity index (χ3v) is 22.0. The molecule has 0 spiro atoms. The number of fused-ring (bicyclic) bond motifs is 8. The minimum atomic E-state index is -1.65. The smallest absolute Gasteiger partial charge is 0.252 e. The lowest BCUT2D eigenvalue weighted by Gasteiger charge is -2.61. The number of benzene rings is 6. The van der Waals surface area contributed by atoms with E-state index >= 15 is 0 Å². The highest BCUT2D eigenvalue weighted by atomic mass is 28.3. The van der Waals surface area contributed by atoms with E-state index in [0.717, 1.165) is 12.8 Å².